The zero-order valence-corrected chi connectivity index (χ0v) is 10.6. The highest BCUT2D eigenvalue weighted by atomic mass is 16.7. The molecule has 0 saturated carbocycles. The number of azide groups is 1. The van der Waals surface area contributed by atoms with Crippen LogP contribution >= 0.6 is 0 Å². The molecular weight excluding hydrogens is 258 g/mol. The van der Waals surface area contributed by atoms with E-state index in [0.29, 0.717) is 6.42 Å². The molecule has 9 heteroatoms. The Labute approximate surface area is 110 Å². The molecule has 110 valence electrons. The Morgan fingerprint density at radius 1 is 1.37 bits per heavy atom. The van der Waals surface area contributed by atoms with Crippen LogP contribution in [0.25, 0.3) is 10.4 Å². The van der Waals surface area contributed by atoms with Crippen molar-refractivity contribution in [2.45, 2.75) is 50.0 Å². The van der Waals surface area contributed by atoms with Crippen LogP contribution in [0.3, 0.4) is 0 Å². The summed E-state index contributed by atoms with van der Waals surface area (Å²) in [5.74, 6) is -1.62. The van der Waals surface area contributed by atoms with Crippen LogP contribution in [0, 0.1) is 0 Å². The molecule has 1 aliphatic rings. The first-order chi connectivity index (χ1) is 9.02. The predicted octanol–water partition coefficient (Wildman–Crippen LogP) is -0.759. The number of hydrogen-bond donors (Lipinski definition) is 4. The van der Waals surface area contributed by atoms with E-state index in [4.69, 9.17) is 20.1 Å². The smallest absolute Gasteiger partial charge is 0.197 e. The highest BCUT2D eigenvalue weighted by Gasteiger charge is 2.53. The van der Waals surface area contributed by atoms with Crippen molar-refractivity contribution in [3.05, 3.63) is 10.4 Å². The van der Waals surface area contributed by atoms with Crippen LogP contribution in [0.15, 0.2) is 5.11 Å². The molecule has 0 radical (unpaired) electrons. The van der Waals surface area contributed by atoms with E-state index in [-0.39, 0.29) is 6.42 Å². The molecule has 0 aliphatic carbocycles. The highest BCUT2D eigenvalue weighted by Crippen LogP contribution is 2.34. The molecule has 1 rings (SSSR count). The SMILES string of the molecule is CCC[C@@]1(OCN=[N+]=[N-])O[C@H](CO)[C@@H](O)[C@H](O)[C@H]1O. The lowest BCUT2D eigenvalue weighted by Crippen LogP contribution is -2.66. The predicted molar refractivity (Wildman–Crippen MR) is 62.7 cm³/mol. The Bertz CT molecular complexity index is 335. The van der Waals surface area contributed by atoms with Gasteiger partial charge in [0.05, 0.1) is 6.61 Å². The van der Waals surface area contributed by atoms with Crippen molar-refractivity contribution in [3.8, 4) is 0 Å². The van der Waals surface area contributed by atoms with Gasteiger partial charge in [-0.2, -0.15) is 0 Å². The largest absolute Gasteiger partial charge is 0.394 e. The molecule has 5 atom stereocenters. The molecule has 1 saturated heterocycles. The van der Waals surface area contributed by atoms with Crippen LogP contribution < -0.4 is 0 Å². The van der Waals surface area contributed by atoms with E-state index in [1.165, 1.54) is 0 Å². The molecule has 1 heterocycles. The molecule has 0 aromatic rings. The second kappa shape index (κ2) is 7.01. The minimum atomic E-state index is -1.62. The van der Waals surface area contributed by atoms with Gasteiger partial charge in [0.1, 0.15) is 31.1 Å². The van der Waals surface area contributed by atoms with E-state index in [0.717, 1.165) is 0 Å². The molecule has 0 amide bonds. The number of nitrogens with zero attached hydrogens (tertiary/aromatic N) is 3. The zero-order valence-electron chi connectivity index (χ0n) is 10.6. The molecular formula is C10H19N3O6. The highest BCUT2D eigenvalue weighted by molar-refractivity contribution is 4.96. The minimum absolute atomic E-state index is 0.204. The maximum atomic E-state index is 10.0. The summed E-state index contributed by atoms with van der Waals surface area (Å²) in [5, 5.41) is 41.8. The fraction of sp³-hybridized carbons (Fsp3) is 1.00. The zero-order chi connectivity index (χ0) is 14.5. The Morgan fingerprint density at radius 3 is 2.58 bits per heavy atom. The monoisotopic (exact) mass is 277 g/mol. The molecule has 0 unspecified atom stereocenters. The van der Waals surface area contributed by atoms with Crippen LogP contribution in [-0.2, 0) is 9.47 Å². The van der Waals surface area contributed by atoms with E-state index in [1.54, 1.807) is 6.92 Å². The Kier molecular flexibility index (Phi) is 5.95. The van der Waals surface area contributed by atoms with Gasteiger partial charge in [0, 0.05) is 11.3 Å². The molecule has 1 fully saturated rings. The van der Waals surface area contributed by atoms with E-state index >= 15 is 0 Å². The van der Waals surface area contributed by atoms with Gasteiger partial charge in [-0.25, -0.2) is 0 Å². The summed E-state index contributed by atoms with van der Waals surface area (Å²) in [5.41, 5.74) is 8.21. The van der Waals surface area contributed by atoms with E-state index < -0.39 is 43.5 Å². The summed E-state index contributed by atoms with van der Waals surface area (Å²) in [4.78, 5) is 2.51. The summed E-state index contributed by atoms with van der Waals surface area (Å²) >= 11 is 0. The summed E-state index contributed by atoms with van der Waals surface area (Å²) < 4.78 is 10.6. The van der Waals surface area contributed by atoms with Crippen molar-refractivity contribution < 1.29 is 29.9 Å². The fourth-order valence-corrected chi connectivity index (χ4v) is 2.12. The topological polar surface area (TPSA) is 148 Å². The van der Waals surface area contributed by atoms with Gasteiger partial charge in [0.25, 0.3) is 0 Å². The van der Waals surface area contributed by atoms with Crippen molar-refractivity contribution in [1.29, 1.82) is 0 Å². The molecule has 0 aromatic heterocycles. The van der Waals surface area contributed by atoms with Crippen molar-refractivity contribution >= 4 is 0 Å². The van der Waals surface area contributed by atoms with E-state index in [9.17, 15) is 15.3 Å². The Hall–Kier alpha value is -0.930. The van der Waals surface area contributed by atoms with Gasteiger partial charge >= 0.3 is 0 Å². The Balaban J connectivity index is 2.94. The number of aliphatic hydroxyl groups excluding tert-OH is 4. The summed E-state index contributed by atoms with van der Waals surface area (Å²) in [6.45, 7) is 0.871. The lowest BCUT2D eigenvalue weighted by molar-refractivity contribution is -0.366. The van der Waals surface area contributed by atoms with Crippen LogP contribution in [0.1, 0.15) is 19.8 Å². The van der Waals surface area contributed by atoms with Gasteiger partial charge in [-0.1, -0.05) is 18.5 Å². The van der Waals surface area contributed by atoms with Crippen LogP contribution in [0.4, 0.5) is 0 Å². The van der Waals surface area contributed by atoms with Crippen molar-refractivity contribution in [2.24, 2.45) is 5.11 Å². The molecule has 0 spiro atoms. The Morgan fingerprint density at radius 2 is 2.05 bits per heavy atom. The van der Waals surface area contributed by atoms with E-state index in [2.05, 4.69) is 10.0 Å². The molecule has 1 aliphatic heterocycles. The van der Waals surface area contributed by atoms with E-state index in [1.807, 2.05) is 0 Å². The van der Waals surface area contributed by atoms with Crippen molar-refractivity contribution in [1.82, 2.24) is 0 Å². The standard InChI is InChI=1S/C10H19N3O6/c1-2-3-10(18-5-12-13-11)9(17)8(16)7(15)6(4-14)19-10/h6-9,14-17H,2-5H2,1H3/t6-,7-,8+,9-,10-/m1/s1. The number of aliphatic hydroxyl groups is 4. The lowest BCUT2D eigenvalue weighted by atomic mass is 9.90. The first-order valence-corrected chi connectivity index (χ1v) is 6.00. The van der Waals surface area contributed by atoms with Gasteiger partial charge in [-0.3, -0.25) is 0 Å². The summed E-state index contributed by atoms with van der Waals surface area (Å²) in [7, 11) is 0. The molecule has 0 bridgehead atoms. The van der Waals surface area contributed by atoms with Gasteiger partial charge in [0.2, 0.25) is 0 Å². The third kappa shape index (κ3) is 3.34. The first kappa shape index (κ1) is 16.1. The first-order valence-electron chi connectivity index (χ1n) is 6.00. The van der Waals surface area contributed by atoms with Gasteiger partial charge in [-0.15, -0.1) is 0 Å². The fourth-order valence-electron chi connectivity index (χ4n) is 2.12. The quantitative estimate of drug-likeness (QED) is 0.285. The average molecular weight is 277 g/mol. The summed E-state index contributed by atoms with van der Waals surface area (Å²) in [6.07, 6.45) is -4.80. The summed E-state index contributed by atoms with van der Waals surface area (Å²) in [6, 6.07) is 0. The van der Waals surface area contributed by atoms with Gasteiger partial charge < -0.3 is 29.9 Å². The van der Waals surface area contributed by atoms with Crippen LogP contribution in [0.2, 0.25) is 0 Å². The van der Waals surface area contributed by atoms with Crippen molar-refractivity contribution in [2.75, 3.05) is 13.3 Å². The van der Waals surface area contributed by atoms with Gasteiger partial charge in [-0.05, 0) is 5.53 Å². The molecule has 0 aromatic carbocycles. The third-order valence-corrected chi connectivity index (χ3v) is 3.06. The van der Waals surface area contributed by atoms with Crippen LogP contribution in [-0.4, -0.2) is 64.0 Å². The minimum Gasteiger partial charge on any atom is -0.394 e. The number of rotatable bonds is 6. The number of hydrogen-bond acceptors (Lipinski definition) is 7. The maximum Gasteiger partial charge on any atom is 0.197 e. The number of ether oxygens (including phenoxy) is 2. The average Bonchev–Trinajstić information content (AvgIpc) is 2.41. The second-order valence-corrected chi connectivity index (χ2v) is 4.33. The van der Waals surface area contributed by atoms with Gasteiger partial charge in [0.15, 0.2) is 5.79 Å². The maximum absolute atomic E-state index is 10.0. The second-order valence-electron chi connectivity index (χ2n) is 4.33. The van der Waals surface area contributed by atoms with Crippen molar-refractivity contribution in [3.63, 3.8) is 0 Å². The molecule has 4 N–H and O–H groups in total. The van der Waals surface area contributed by atoms with Crippen LogP contribution in [0.5, 0.6) is 0 Å². The molecule has 9 nitrogen and oxygen atoms in total. The molecule has 19 heavy (non-hydrogen) atoms. The third-order valence-electron chi connectivity index (χ3n) is 3.06. The normalized spacial score (nSPS) is 38.8. The lowest BCUT2D eigenvalue weighted by Gasteiger charge is -2.47.